The second-order valence-corrected chi connectivity index (χ2v) is 7.33. The molecule has 0 rings (SSSR count). The van der Waals surface area contributed by atoms with Gasteiger partial charge in [0.2, 0.25) is 10.0 Å². The van der Waals surface area contributed by atoms with Crippen LogP contribution in [0, 0.1) is 11.8 Å². The fourth-order valence-corrected chi connectivity index (χ4v) is 2.76. The second-order valence-electron chi connectivity index (χ2n) is 5.15. The summed E-state index contributed by atoms with van der Waals surface area (Å²) in [5.41, 5.74) is 0. The molecule has 2 N–H and O–H groups in total. The van der Waals surface area contributed by atoms with E-state index in [4.69, 9.17) is 9.84 Å². The van der Waals surface area contributed by atoms with Crippen molar-refractivity contribution in [2.24, 2.45) is 11.8 Å². The van der Waals surface area contributed by atoms with Crippen LogP contribution in [-0.4, -0.2) is 45.0 Å². The average Bonchev–Trinajstić information content (AvgIpc) is 2.30. The topological polar surface area (TPSA) is 92.7 Å². The normalized spacial score (nSPS) is 15.4. The van der Waals surface area contributed by atoms with E-state index in [0.29, 0.717) is 19.4 Å². The predicted octanol–water partition coefficient (Wildman–Crippen LogP) is 1.08. The number of sulfonamides is 1. The van der Waals surface area contributed by atoms with E-state index in [1.54, 1.807) is 6.92 Å². The quantitative estimate of drug-likeness (QED) is 0.629. The van der Waals surface area contributed by atoms with Gasteiger partial charge in [-0.15, -0.1) is 0 Å². The Kier molecular flexibility index (Phi) is 8.20. The molecule has 0 aromatic carbocycles. The van der Waals surface area contributed by atoms with E-state index in [9.17, 15) is 13.2 Å². The maximum atomic E-state index is 11.9. The number of aliphatic carboxylic acids is 1. The zero-order valence-electron chi connectivity index (χ0n) is 12.0. The smallest absolute Gasteiger partial charge is 0.307 e. The zero-order chi connectivity index (χ0) is 15.1. The summed E-state index contributed by atoms with van der Waals surface area (Å²) in [7, 11) is -1.98. The van der Waals surface area contributed by atoms with Crippen LogP contribution in [0.1, 0.15) is 33.6 Å². The van der Waals surface area contributed by atoms with Gasteiger partial charge in [0.05, 0.1) is 11.2 Å². The first-order chi connectivity index (χ1) is 8.70. The maximum absolute atomic E-state index is 11.9. The third kappa shape index (κ3) is 7.49. The summed E-state index contributed by atoms with van der Waals surface area (Å²) in [5, 5.41) is 8.45. The Morgan fingerprint density at radius 2 is 1.89 bits per heavy atom. The molecule has 0 aromatic heterocycles. The highest BCUT2D eigenvalue weighted by atomic mass is 32.2. The van der Waals surface area contributed by atoms with Crippen LogP contribution in [0.5, 0.6) is 0 Å². The molecule has 2 atom stereocenters. The van der Waals surface area contributed by atoms with Crippen LogP contribution in [-0.2, 0) is 19.6 Å². The van der Waals surface area contributed by atoms with Gasteiger partial charge < -0.3 is 9.84 Å². The highest BCUT2D eigenvalue weighted by Crippen LogP contribution is 2.12. The minimum atomic E-state index is -3.49. The van der Waals surface area contributed by atoms with E-state index in [1.807, 2.05) is 13.8 Å². The first-order valence-corrected chi connectivity index (χ1v) is 7.95. The lowest BCUT2D eigenvalue weighted by atomic mass is 9.98. The Morgan fingerprint density at radius 3 is 2.32 bits per heavy atom. The van der Waals surface area contributed by atoms with Crippen molar-refractivity contribution in [1.29, 1.82) is 0 Å². The molecule has 0 aliphatic rings. The third-order valence-electron chi connectivity index (χ3n) is 2.89. The number of hydrogen-bond donors (Lipinski definition) is 2. The van der Waals surface area contributed by atoms with Crippen molar-refractivity contribution in [1.82, 2.24) is 4.72 Å². The van der Waals surface area contributed by atoms with Crippen molar-refractivity contribution in [3.63, 3.8) is 0 Å². The van der Waals surface area contributed by atoms with Gasteiger partial charge in [0, 0.05) is 20.3 Å². The standard InChI is InChI=1S/C12H25NO5S/c1-9(2)7-11(12(14)15)8-13-19(16,17)10(3)5-6-18-4/h9-11,13H,5-8H2,1-4H3,(H,14,15). The number of nitrogens with one attached hydrogen (secondary N) is 1. The molecule has 0 saturated carbocycles. The molecule has 2 unspecified atom stereocenters. The van der Waals surface area contributed by atoms with Gasteiger partial charge in [-0.1, -0.05) is 13.8 Å². The molecule has 19 heavy (non-hydrogen) atoms. The molecule has 114 valence electrons. The number of rotatable bonds is 10. The first kappa shape index (κ1) is 18.3. The van der Waals surface area contributed by atoms with Gasteiger partial charge in [0.15, 0.2) is 0 Å². The molecule has 0 spiro atoms. The molecule has 0 saturated heterocycles. The van der Waals surface area contributed by atoms with Crippen LogP contribution in [0.3, 0.4) is 0 Å². The van der Waals surface area contributed by atoms with Crippen LogP contribution >= 0.6 is 0 Å². The largest absolute Gasteiger partial charge is 0.481 e. The lowest BCUT2D eigenvalue weighted by Gasteiger charge is -2.18. The highest BCUT2D eigenvalue weighted by Gasteiger charge is 2.25. The number of methoxy groups -OCH3 is 1. The van der Waals surface area contributed by atoms with Crippen LogP contribution < -0.4 is 4.72 Å². The van der Waals surface area contributed by atoms with Gasteiger partial charge in [-0.3, -0.25) is 4.79 Å². The zero-order valence-corrected chi connectivity index (χ0v) is 12.9. The molecule has 6 nitrogen and oxygen atoms in total. The van der Waals surface area contributed by atoms with E-state index >= 15 is 0 Å². The van der Waals surface area contributed by atoms with Crippen molar-refractivity contribution in [3.8, 4) is 0 Å². The van der Waals surface area contributed by atoms with Crippen LogP contribution in [0.15, 0.2) is 0 Å². The van der Waals surface area contributed by atoms with Crippen LogP contribution in [0.25, 0.3) is 0 Å². The molecule has 0 aromatic rings. The van der Waals surface area contributed by atoms with Crippen LogP contribution in [0.4, 0.5) is 0 Å². The summed E-state index contributed by atoms with van der Waals surface area (Å²) >= 11 is 0. The summed E-state index contributed by atoms with van der Waals surface area (Å²) in [5.74, 6) is -1.46. The monoisotopic (exact) mass is 295 g/mol. The second kappa shape index (κ2) is 8.50. The minimum absolute atomic E-state index is 0.0623. The lowest BCUT2D eigenvalue weighted by molar-refractivity contribution is -0.142. The van der Waals surface area contributed by atoms with Gasteiger partial charge in [0.1, 0.15) is 0 Å². The maximum Gasteiger partial charge on any atom is 0.307 e. The molecule has 0 fully saturated rings. The molecular weight excluding hydrogens is 270 g/mol. The Hall–Kier alpha value is -0.660. The van der Waals surface area contributed by atoms with E-state index in [0.717, 1.165) is 0 Å². The number of ether oxygens (including phenoxy) is 1. The van der Waals surface area contributed by atoms with Crippen molar-refractivity contribution in [3.05, 3.63) is 0 Å². The number of carboxylic acid groups (broad SMARTS) is 1. The van der Waals surface area contributed by atoms with E-state index in [2.05, 4.69) is 4.72 Å². The molecule has 0 amide bonds. The summed E-state index contributed by atoms with van der Waals surface area (Å²) < 4.78 is 31.0. The van der Waals surface area contributed by atoms with Gasteiger partial charge in [-0.05, 0) is 25.7 Å². The number of carboxylic acids is 1. The van der Waals surface area contributed by atoms with Crippen LogP contribution in [0.2, 0.25) is 0 Å². The van der Waals surface area contributed by atoms with Crippen molar-refractivity contribution in [2.75, 3.05) is 20.3 Å². The SMILES string of the molecule is COCCC(C)S(=O)(=O)NCC(CC(C)C)C(=O)O. The molecule has 0 aliphatic carbocycles. The first-order valence-electron chi connectivity index (χ1n) is 6.41. The van der Waals surface area contributed by atoms with Gasteiger partial charge >= 0.3 is 5.97 Å². The number of hydrogen-bond acceptors (Lipinski definition) is 4. The van der Waals surface area contributed by atoms with Gasteiger partial charge in [-0.2, -0.15) is 0 Å². The fraction of sp³-hybridized carbons (Fsp3) is 0.917. The summed E-state index contributed by atoms with van der Waals surface area (Å²) in [6.07, 6.45) is 0.831. The van der Waals surface area contributed by atoms with Crippen molar-refractivity contribution in [2.45, 2.75) is 38.9 Å². The van der Waals surface area contributed by atoms with E-state index in [1.165, 1.54) is 7.11 Å². The Balaban J connectivity index is 4.44. The molecule has 0 aliphatic heterocycles. The Bertz CT molecular complexity index is 366. The molecule has 0 heterocycles. The molecule has 0 radical (unpaired) electrons. The van der Waals surface area contributed by atoms with Gasteiger partial charge in [0.25, 0.3) is 0 Å². The molecular formula is C12H25NO5S. The van der Waals surface area contributed by atoms with E-state index in [-0.39, 0.29) is 12.5 Å². The lowest BCUT2D eigenvalue weighted by Crippen LogP contribution is -2.38. The van der Waals surface area contributed by atoms with Crippen molar-refractivity contribution < 1.29 is 23.1 Å². The summed E-state index contributed by atoms with van der Waals surface area (Å²) in [6, 6.07) is 0. The Labute approximate surface area is 115 Å². The third-order valence-corrected chi connectivity index (χ3v) is 4.76. The summed E-state index contributed by atoms with van der Waals surface area (Å²) in [6.45, 7) is 5.69. The Morgan fingerprint density at radius 1 is 1.32 bits per heavy atom. The van der Waals surface area contributed by atoms with Crippen molar-refractivity contribution >= 4 is 16.0 Å². The average molecular weight is 295 g/mol. The number of carbonyl (C=O) groups is 1. The fourth-order valence-electron chi connectivity index (χ4n) is 1.64. The predicted molar refractivity (Wildman–Crippen MR) is 73.5 cm³/mol. The molecule has 0 bridgehead atoms. The minimum Gasteiger partial charge on any atom is -0.481 e. The highest BCUT2D eigenvalue weighted by molar-refractivity contribution is 7.90. The summed E-state index contributed by atoms with van der Waals surface area (Å²) in [4.78, 5) is 11.0. The van der Waals surface area contributed by atoms with E-state index < -0.39 is 27.2 Å². The van der Waals surface area contributed by atoms with Gasteiger partial charge in [-0.25, -0.2) is 13.1 Å². The molecule has 7 heteroatoms.